The predicted molar refractivity (Wildman–Crippen MR) is 62.8 cm³/mol. The summed E-state index contributed by atoms with van der Waals surface area (Å²) < 4.78 is 18.4. The fourth-order valence-electron chi connectivity index (χ4n) is 1.98. The monoisotopic (exact) mass is 221 g/mol. The number of hydrogen-bond acceptors (Lipinski definition) is 2. The predicted octanol–water partition coefficient (Wildman–Crippen LogP) is 2.73. The van der Waals surface area contributed by atoms with Crippen molar-refractivity contribution in [3.63, 3.8) is 0 Å². The molecule has 1 unspecified atom stereocenters. The molecule has 1 aliphatic rings. The van der Waals surface area contributed by atoms with Crippen LogP contribution in [0.2, 0.25) is 0 Å². The van der Waals surface area contributed by atoms with Crippen molar-refractivity contribution in [3.05, 3.63) is 35.7 Å². The van der Waals surface area contributed by atoms with Crippen LogP contribution in [-0.4, -0.2) is 13.2 Å². The first kappa shape index (κ1) is 11.1. The maximum atomic E-state index is 13.5. The Labute approximate surface area is 94.9 Å². The summed E-state index contributed by atoms with van der Waals surface area (Å²) in [5.41, 5.74) is 7.93. The molecule has 2 nitrogen and oxygen atoms in total. The first-order valence-corrected chi connectivity index (χ1v) is 5.49. The molecule has 0 saturated heterocycles. The topological polar surface area (TPSA) is 35.2 Å². The maximum absolute atomic E-state index is 13.5. The SMILES string of the molecule is COc1ccc(C2=CCC(N)CC2)cc1F. The Bertz CT molecular complexity index is 414. The van der Waals surface area contributed by atoms with Gasteiger partial charge in [0.25, 0.3) is 0 Å². The van der Waals surface area contributed by atoms with Crippen LogP contribution in [0.3, 0.4) is 0 Å². The van der Waals surface area contributed by atoms with Crippen LogP contribution in [0.5, 0.6) is 5.75 Å². The molecule has 1 aromatic carbocycles. The van der Waals surface area contributed by atoms with E-state index < -0.39 is 0 Å². The van der Waals surface area contributed by atoms with Crippen molar-refractivity contribution in [1.29, 1.82) is 0 Å². The summed E-state index contributed by atoms with van der Waals surface area (Å²) in [7, 11) is 1.47. The van der Waals surface area contributed by atoms with E-state index in [4.69, 9.17) is 10.5 Å². The molecule has 0 saturated carbocycles. The molecule has 2 N–H and O–H groups in total. The van der Waals surface area contributed by atoms with Gasteiger partial charge in [-0.3, -0.25) is 0 Å². The fraction of sp³-hybridized carbons (Fsp3) is 0.385. The van der Waals surface area contributed by atoms with E-state index in [1.165, 1.54) is 18.7 Å². The zero-order valence-electron chi connectivity index (χ0n) is 9.37. The Morgan fingerprint density at radius 1 is 1.44 bits per heavy atom. The van der Waals surface area contributed by atoms with Gasteiger partial charge >= 0.3 is 0 Å². The number of methoxy groups -OCH3 is 1. The van der Waals surface area contributed by atoms with E-state index in [2.05, 4.69) is 6.08 Å². The average molecular weight is 221 g/mol. The maximum Gasteiger partial charge on any atom is 0.165 e. The molecular formula is C13H16FNO. The lowest BCUT2D eigenvalue weighted by atomic mass is 9.91. The molecule has 0 aromatic heterocycles. The molecule has 86 valence electrons. The van der Waals surface area contributed by atoms with Crippen LogP contribution in [0.25, 0.3) is 5.57 Å². The number of ether oxygens (including phenoxy) is 1. The largest absolute Gasteiger partial charge is 0.494 e. The molecule has 1 aromatic rings. The first-order chi connectivity index (χ1) is 7.70. The van der Waals surface area contributed by atoms with E-state index in [9.17, 15) is 4.39 Å². The molecule has 0 aliphatic heterocycles. The van der Waals surface area contributed by atoms with Crippen molar-refractivity contribution in [3.8, 4) is 5.75 Å². The van der Waals surface area contributed by atoms with Crippen molar-refractivity contribution in [2.75, 3.05) is 7.11 Å². The second-order valence-corrected chi connectivity index (χ2v) is 4.11. The van der Waals surface area contributed by atoms with Crippen LogP contribution in [0, 0.1) is 5.82 Å². The Balaban J connectivity index is 2.25. The van der Waals surface area contributed by atoms with E-state index in [1.807, 2.05) is 6.07 Å². The molecule has 0 heterocycles. The minimum absolute atomic E-state index is 0.256. The van der Waals surface area contributed by atoms with Crippen molar-refractivity contribution in [2.24, 2.45) is 5.73 Å². The highest BCUT2D eigenvalue weighted by atomic mass is 19.1. The van der Waals surface area contributed by atoms with Gasteiger partial charge in [-0.2, -0.15) is 0 Å². The molecule has 1 atom stereocenters. The van der Waals surface area contributed by atoms with Crippen LogP contribution in [0.4, 0.5) is 4.39 Å². The van der Waals surface area contributed by atoms with Gasteiger partial charge in [0, 0.05) is 6.04 Å². The van der Waals surface area contributed by atoms with Crippen LogP contribution < -0.4 is 10.5 Å². The highest BCUT2D eigenvalue weighted by Crippen LogP contribution is 2.29. The first-order valence-electron chi connectivity index (χ1n) is 5.49. The van der Waals surface area contributed by atoms with Crippen molar-refractivity contribution < 1.29 is 9.13 Å². The third-order valence-electron chi connectivity index (χ3n) is 2.97. The minimum atomic E-state index is -0.309. The lowest BCUT2D eigenvalue weighted by Crippen LogP contribution is -2.21. The van der Waals surface area contributed by atoms with Gasteiger partial charge in [0.15, 0.2) is 11.6 Å². The molecule has 16 heavy (non-hydrogen) atoms. The van der Waals surface area contributed by atoms with E-state index in [0.717, 1.165) is 24.8 Å². The molecule has 3 heteroatoms. The van der Waals surface area contributed by atoms with E-state index in [1.54, 1.807) is 6.07 Å². The van der Waals surface area contributed by atoms with E-state index >= 15 is 0 Å². The quantitative estimate of drug-likeness (QED) is 0.833. The molecule has 0 bridgehead atoms. The van der Waals surface area contributed by atoms with Crippen molar-refractivity contribution in [1.82, 2.24) is 0 Å². The fourth-order valence-corrected chi connectivity index (χ4v) is 1.98. The number of benzene rings is 1. The molecule has 0 radical (unpaired) electrons. The Morgan fingerprint density at radius 2 is 2.25 bits per heavy atom. The summed E-state index contributed by atoms with van der Waals surface area (Å²) in [6.45, 7) is 0. The number of nitrogens with two attached hydrogens (primary N) is 1. The summed E-state index contributed by atoms with van der Waals surface area (Å²) in [6, 6.07) is 5.35. The average Bonchev–Trinajstić information content (AvgIpc) is 2.30. The Morgan fingerprint density at radius 3 is 2.81 bits per heavy atom. The van der Waals surface area contributed by atoms with Crippen molar-refractivity contribution >= 4 is 5.57 Å². The Hall–Kier alpha value is -1.35. The van der Waals surface area contributed by atoms with E-state index in [0.29, 0.717) is 0 Å². The highest BCUT2D eigenvalue weighted by molar-refractivity contribution is 5.67. The van der Waals surface area contributed by atoms with Crippen LogP contribution >= 0.6 is 0 Å². The number of allylic oxidation sites excluding steroid dienone is 1. The van der Waals surface area contributed by atoms with Gasteiger partial charge in [-0.05, 0) is 42.5 Å². The van der Waals surface area contributed by atoms with Gasteiger partial charge in [-0.25, -0.2) is 4.39 Å². The lowest BCUT2D eigenvalue weighted by molar-refractivity contribution is 0.386. The van der Waals surface area contributed by atoms with Crippen molar-refractivity contribution in [2.45, 2.75) is 25.3 Å². The molecule has 0 fully saturated rings. The number of rotatable bonds is 2. The summed E-state index contributed by atoms with van der Waals surface area (Å²) in [5, 5.41) is 0. The highest BCUT2D eigenvalue weighted by Gasteiger charge is 2.13. The third-order valence-corrected chi connectivity index (χ3v) is 2.97. The normalized spacial score (nSPS) is 20.4. The zero-order valence-corrected chi connectivity index (χ0v) is 9.37. The van der Waals surface area contributed by atoms with Gasteiger partial charge in [0.05, 0.1) is 7.11 Å². The van der Waals surface area contributed by atoms with Crippen LogP contribution in [-0.2, 0) is 0 Å². The minimum Gasteiger partial charge on any atom is -0.494 e. The summed E-state index contributed by atoms with van der Waals surface area (Å²) in [4.78, 5) is 0. The molecule has 1 aliphatic carbocycles. The van der Waals surface area contributed by atoms with Crippen LogP contribution in [0.15, 0.2) is 24.3 Å². The van der Waals surface area contributed by atoms with Gasteiger partial charge < -0.3 is 10.5 Å². The second kappa shape index (κ2) is 4.66. The van der Waals surface area contributed by atoms with Crippen LogP contribution in [0.1, 0.15) is 24.8 Å². The number of hydrogen-bond donors (Lipinski definition) is 1. The van der Waals surface area contributed by atoms with Gasteiger partial charge in [0.2, 0.25) is 0 Å². The summed E-state index contributed by atoms with van der Waals surface area (Å²) in [6.07, 6.45) is 4.88. The molecule has 0 spiro atoms. The van der Waals surface area contributed by atoms with Gasteiger partial charge in [-0.1, -0.05) is 12.1 Å². The summed E-state index contributed by atoms with van der Waals surface area (Å²) in [5.74, 6) is -0.0207. The smallest absolute Gasteiger partial charge is 0.165 e. The molecule has 0 amide bonds. The number of halogens is 1. The van der Waals surface area contributed by atoms with Gasteiger partial charge in [-0.15, -0.1) is 0 Å². The molecule has 2 rings (SSSR count). The zero-order chi connectivity index (χ0) is 11.5. The van der Waals surface area contributed by atoms with E-state index in [-0.39, 0.29) is 17.6 Å². The second-order valence-electron chi connectivity index (χ2n) is 4.11. The standard InChI is InChI=1S/C13H16FNO/c1-16-13-7-4-10(8-12(13)14)9-2-5-11(15)6-3-9/h2,4,7-8,11H,3,5-6,15H2,1H3. The Kier molecular flexibility index (Phi) is 3.25. The molecular weight excluding hydrogens is 205 g/mol. The van der Waals surface area contributed by atoms with Gasteiger partial charge in [0.1, 0.15) is 0 Å². The lowest BCUT2D eigenvalue weighted by Gasteiger charge is -2.18. The third kappa shape index (κ3) is 2.25. The summed E-state index contributed by atoms with van der Waals surface area (Å²) >= 11 is 0.